The van der Waals surface area contributed by atoms with Crippen LogP contribution in [0, 0.1) is 0 Å². The van der Waals surface area contributed by atoms with E-state index in [1.807, 2.05) is 24.3 Å². The van der Waals surface area contributed by atoms with Gasteiger partial charge in [0, 0.05) is 13.6 Å². The molecule has 0 saturated carbocycles. The molecule has 11 heteroatoms. The van der Waals surface area contributed by atoms with Crippen LogP contribution in [0.1, 0.15) is 51.3 Å². The molecule has 0 aliphatic carbocycles. The number of carbonyl (C=O) groups is 4. The van der Waals surface area contributed by atoms with Gasteiger partial charge in [0.2, 0.25) is 0 Å². The van der Waals surface area contributed by atoms with Gasteiger partial charge in [0.1, 0.15) is 23.7 Å². The zero-order valence-electron chi connectivity index (χ0n) is 20.2. The smallest absolute Gasteiger partial charge is 0.410 e. The first-order chi connectivity index (χ1) is 15.7. The minimum absolute atomic E-state index is 0.250. The minimum Gasteiger partial charge on any atom is -0.480 e. The average Bonchev–Trinajstić information content (AvgIpc) is 2.70. The Balaban J connectivity index is 0.000000268. The van der Waals surface area contributed by atoms with Crippen LogP contribution in [0.15, 0.2) is 24.3 Å². The number of likely N-dealkylation sites (N-methyl/N-ethyl adjacent to an activating group) is 1. The highest BCUT2D eigenvalue weighted by molar-refractivity contribution is 5.79. The van der Waals surface area contributed by atoms with Gasteiger partial charge in [0.05, 0.1) is 0 Å². The molecule has 0 radical (unpaired) electrons. The molecule has 0 aromatic heterocycles. The number of ether oxygens (including phenoxy) is 1. The monoisotopic (exact) mass is 481 g/mol. The van der Waals surface area contributed by atoms with Gasteiger partial charge in [-0.05, 0) is 58.2 Å². The number of rotatable bonds is 4. The molecule has 1 unspecified atom stereocenters. The molecular formula is C23H35N3O8. The average molecular weight is 482 g/mol. The Kier molecular flexibility index (Phi) is 10.9. The minimum atomic E-state index is -1.06. The van der Waals surface area contributed by atoms with Crippen molar-refractivity contribution in [2.24, 2.45) is 0 Å². The van der Waals surface area contributed by atoms with Crippen LogP contribution in [0.25, 0.3) is 0 Å². The van der Waals surface area contributed by atoms with E-state index in [1.54, 1.807) is 20.8 Å². The summed E-state index contributed by atoms with van der Waals surface area (Å²) in [6.45, 7) is 8.20. The lowest BCUT2D eigenvalue weighted by Crippen LogP contribution is -2.48. The number of nitrogens with one attached hydrogen (secondary N) is 2. The van der Waals surface area contributed by atoms with Gasteiger partial charge < -0.3 is 30.7 Å². The zero-order chi connectivity index (χ0) is 26.1. The number of fused-ring (bicyclic) bond motifs is 1. The van der Waals surface area contributed by atoms with Gasteiger partial charge in [-0.2, -0.15) is 0 Å². The van der Waals surface area contributed by atoms with E-state index in [9.17, 15) is 19.2 Å². The lowest BCUT2D eigenvalue weighted by atomic mass is 9.95. The van der Waals surface area contributed by atoms with Crippen molar-refractivity contribution in [1.29, 1.82) is 0 Å². The first kappa shape index (κ1) is 28.9. The van der Waals surface area contributed by atoms with E-state index in [-0.39, 0.29) is 6.04 Å². The summed E-state index contributed by atoms with van der Waals surface area (Å²) in [4.78, 5) is 43.7. The van der Waals surface area contributed by atoms with Crippen LogP contribution in [0.3, 0.4) is 0 Å². The van der Waals surface area contributed by atoms with Gasteiger partial charge in [0.25, 0.3) is 0 Å². The summed E-state index contributed by atoms with van der Waals surface area (Å²) in [6.07, 6.45) is 1.07. The topological polar surface area (TPSA) is 166 Å². The summed E-state index contributed by atoms with van der Waals surface area (Å²) < 4.78 is 4.99. The lowest BCUT2D eigenvalue weighted by molar-refractivity contribution is -0.142. The van der Waals surface area contributed by atoms with E-state index in [4.69, 9.17) is 20.1 Å². The summed E-state index contributed by atoms with van der Waals surface area (Å²) in [5, 5.41) is 31.5. The Morgan fingerprint density at radius 1 is 1.03 bits per heavy atom. The van der Waals surface area contributed by atoms with Gasteiger partial charge in [-0.25, -0.2) is 9.59 Å². The lowest BCUT2D eigenvalue weighted by Gasteiger charge is -2.26. The van der Waals surface area contributed by atoms with Crippen LogP contribution in [0.2, 0.25) is 0 Å². The van der Waals surface area contributed by atoms with Crippen LogP contribution in [0.4, 0.5) is 4.79 Å². The van der Waals surface area contributed by atoms with E-state index < -0.39 is 41.7 Å². The molecule has 0 bridgehead atoms. The van der Waals surface area contributed by atoms with Gasteiger partial charge in [-0.15, -0.1) is 0 Å². The number of carbonyl (C=O) groups excluding carboxylic acids is 1. The van der Waals surface area contributed by atoms with Crippen LogP contribution < -0.4 is 10.6 Å². The quantitative estimate of drug-likeness (QED) is 0.427. The Morgan fingerprint density at radius 2 is 1.62 bits per heavy atom. The standard InChI is InChI=1S/C10H11NO2.C9H17NO4.C4H7NO2/c12-10(13)9-8-4-2-1-3-7(8)5-6-11-9;1-6(7(11)12)10(5)8(13)14-9(2,3)4;6-4(7)3-1-2-5-3/h1-4,9,11H,5-6H2,(H,12,13);6H,1-5H3,(H,11,12);3,5H,1-2H2,(H,6,7)/t9-;;3-/m0.0/s1. The number of hydrogen-bond donors (Lipinski definition) is 5. The highest BCUT2D eigenvalue weighted by Crippen LogP contribution is 2.22. The Morgan fingerprint density at radius 3 is 2.03 bits per heavy atom. The molecule has 3 atom stereocenters. The van der Waals surface area contributed by atoms with Crippen molar-refractivity contribution in [3.05, 3.63) is 35.4 Å². The molecule has 0 spiro atoms. The molecular weight excluding hydrogens is 446 g/mol. The highest BCUT2D eigenvalue weighted by atomic mass is 16.6. The van der Waals surface area contributed by atoms with Crippen molar-refractivity contribution < 1.29 is 39.2 Å². The van der Waals surface area contributed by atoms with E-state index in [0.717, 1.165) is 42.0 Å². The third-order valence-corrected chi connectivity index (χ3v) is 5.10. The Labute approximate surface area is 199 Å². The molecule has 3 rings (SSSR count). The number of aliphatic carboxylic acids is 3. The molecule has 1 saturated heterocycles. The molecule has 1 fully saturated rings. The van der Waals surface area contributed by atoms with Crippen LogP contribution in [-0.4, -0.2) is 82.0 Å². The Bertz CT molecular complexity index is 864. The first-order valence-electron chi connectivity index (χ1n) is 10.9. The van der Waals surface area contributed by atoms with Crippen LogP contribution >= 0.6 is 0 Å². The van der Waals surface area contributed by atoms with Gasteiger partial charge in [-0.1, -0.05) is 24.3 Å². The van der Waals surface area contributed by atoms with Gasteiger partial charge in [0.15, 0.2) is 0 Å². The second-order valence-corrected chi connectivity index (χ2v) is 8.91. The number of hydrogen-bond acceptors (Lipinski definition) is 7. The molecule has 1 aromatic rings. The van der Waals surface area contributed by atoms with E-state index in [1.165, 1.54) is 14.0 Å². The van der Waals surface area contributed by atoms with Crippen molar-refractivity contribution in [2.45, 2.75) is 64.3 Å². The van der Waals surface area contributed by atoms with Crippen molar-refractivity contribution in [3.63, 3.8) is 0 Å². The second kappa shape index (κ2) is 12.9. The SMILES string of the molecule is CC(C(=O)O)N(C)C(=O)OC(C)(C)C.O=C(O)[C@@H]1CCN1.O=C(O)[C@H]1NCCc2ccccc21. The molecule has 190 valence electrons. The van der Waals surface area contributed by atoms with Gasteiger partial charge >= 0.3 is 24.0 Å². The molecule has 1 aromatic carbocycles. The summed E-state index contributed by atoms with van der Waals surface area (Å²) in [6, 6.07) is 6.03. The van der Waals surface area contributed by atoms with E-state index in [0.29, 0.717) is 0 Å². The summed E-state index contributed by atoms with van der Waals surface area (Å²) in [7, 11) is 1.40. The van der Waals surface area contributed by atoms with Crippen LogP contribution in [-0.2, 0) is 25.5 Å². The predicted octanol–water partition coefficient (Wildman–Crippen LogP) is 1.72. The first-order valence-corrected chi connectivity index (χ1v) is 10.9. The largest absolute Gasteiger partial charge is 0.480 e. The maximum atomic E-state index is 11.3. The highest BCUT2D eigenvalue weighted by Gasteiger charge is 2.27. The molecule has 2 aliphatic heterocycles. The van der Waals surface area contributed by atoms with E-state index >= 15 is 0 Å². The number of nitrogens with zero attached hydrogens (tertiary/aromatic N) is 1. The summed E-state index contributed by atoms with van der Waals surface area (Å²) in [5.74, 6) is -2.59. The molecule has 34 heavy (non-hydrogen) atoms. The van der Waals surface area contributed by atoms with Crippen molar-refractivity contribution in [2.75, 3.05) is 20.1 Å². The predicted molar refractivity (Wildman–Crippen MR) is 124 cm³/mol. The maximum Gasteiger partial charge on any atom is 0.410 e. The number of carboxylic acid groups (broad SMARTS) is 3. The fourth-order valence-electron chi connectivity index (χ4n) is 2.88. The van der Waals surface area contributed by atoms with Crippen LogP contribution in [0.5, 0.6) is 0 Å². The number of carboxylic acids is 3. The fraction of sp³-hybridized carbons (Fsp3) is 0.565. The molecule has 5 N–H and O–H groups in total. The third kappa shape index (κ3) is 9.36. The molecule has 1 amide bonds. The van der Waals surface area contributed by atoms with Crippen molar-refractivity contribution in [3.8, 4) is 0 Å². The maximum absolute atomic E-state index is 11.3. The zero-order valence-corrected chi connectivity index (χ0v) is 20.2. The third-order valence-electron chi connectivity index (χ3n) is 5.10. The van der Waals surface area contributed by atoms with Gasteiger partial charge in [-0.3, -0.25) is 14.5 Å². The van der Waals surface area contributed by atoms with E-state index in [2.05, 4.69) is 10.6 Å². The molecule has 2 aliphatic rings. The normalized spacial score (nSPS) is 19.3. The molecule has 11 nitrogen and oxygen atoms in total. The fourth-order valence-corrected chi connectivity index (χ4v) is 2.88. The number of amides is 1. The Hall–Kier alpha value is -3.18. The second-order valence-electron chi connectivity index (χ2n) is 8.91. The molecule has 2 heterocycles. The summed E-state index contributed by atoms with van der Waals surface area (Å²) >= 11 is 0. The van der Waals surface area contributed by atoms with Crippen molar-refractivity contribution >= 4 is 24.0 Å². The summed E-state index contributed by atoms with van der Waals surface area (Å²) in [5.41, 5.74) is 1.44. The van der Waals surface area contributed by atoms with Crippen molar-refractivity contribution in [1.82, 2.24) is 15.5 Å². The number of benzene rings is 1.